The summed E-state index contributed by atoms with van der Waals surface area (Å²) in [5, 5.41) is -1.09. The monoisotopic (exact) mass is 138 g/mol. The van der Waals surface area contributed by atoms with Gasteiger partial charge in [0.05, 0.1) is 5.25 Å². The predicted octanol–water partition coefficient (Wildman–Crippen LogP) is -0.964. The molecule has 3 N–H and O–H groups in total. The Hall–Kier alpha value is -0.130. The van der Waals surface area contributed by atoms with Crippen LogP contribution in [-0.2, 0) is 10.1 Å². The molecule has 0 heterocycles. The Morgan fingerprint density at radius 3 is 2.12 bits per heavy atom. The molecule has 1 unspecified atom stereocenters. The van der Waals surface area contributed by atoms with Gasteiger partial charge in [-0.3, -0.25) is 4.55 Å². The molecule has 0 aliphatic carbocycles. The van der Waals surface area contributed by atoms with Crippen LogP contribution >= 0.6 is 0 Å². The van der Waals surface area contributed by atoms with Crippen LogP contribution in [0.1, 0.15) is 0 Å². The van der Waals surface area contributed by atoms with E-state index in [0.717, 1.165) is 0 Å². The zero-order valence-electron chi connectivity index (χ0n) is 4.24. The highest BCUT2D eigenvalue weighted by molar-refractivity contribution is 7.86. The molecule has 0 bridgehead atoms. The average molecular weight is 138 g/mol. The number of rotatable bonds is 2. The van der Waals surface area contributed by atoms with Gasteiger partial charge < -0.3 is 5.73 Å². The summed E-state index contributed by atoms with van der Waals surface area (Å²) in [4.78, 5) is 0. The van der Waals surface area contributed by atoms with Gasteiger partial charge in [-0.05, 0) is 6.92 Å². The van der Waals surface area contributed by atoms with Gasteiger partial charge in [-0.15, -0.1) is 0 Å². The van der Waals surface area contributed by atoms with Crippen molar-refractivity contribution in [2.75, 3.05) is 6.54 Å². The molecule has 0 aromatic carbocycles. The minimum absolute atomic E-state index is 0.154. The van der Waals surface area contributed by atoms with Crippen molar-refractivity contribution in [3.05, 3.63) is 6.92 Å². The Labute approximate surface area is 48.4 Å². The Morgan fingerprint density at radius 1 is 1.75 bits per heavy atom. The first-order valence-corrected chi connectivity index (χ1v) is 3.48. The van der Waals surface area contributed by atoms with Crippen molar-refractivity contribution in [1.29, 1.82) is 0 Å². The Balaban J connectivity index is 4.04. The van der Waals surface area contributed by atoms with E-state index in [0.29, 0.717) is 0 Å². The zero-order valence-corrected chi connectivity index (χ0v) is 5.06. The molecule has 49 valence electrons. The van der Waals surface area contributed by atoms with Crippen LogP contribution in [0.25, 0.3) is 0 Å². The maximum atomic E-state index is 9.98. The summed E-state index contributed by atoms with van der Waals surface area (Å²) < 4.78 is 28.1. The third kappa shape index (κ3) is 2.25. The lowest BCUT2D eigenvalue weighted by Crippen LogP contribution is -2.25. The SMILES string of the molecule is [CH2]C(CN)S(=O)(=O)O. The second kappa shape index (κ2) is 2.43. The van der Waals surface area contributed by atoms with E-state index in [-0.39, 0.29) is 6.54 Å². The van der Waals surface area contributed by atoms with Crippen LogP contribution in [0, 0.1) is 6.92 Å². The van der Waals surface area contributed by atoms with Crippen molar-refractivity contribution in [3.8, 4) is 0 Å². The molecule has 0 aromatic rings. The van der Waals surface area contributed by atoms with Crippen LogP contribution < -0.4 is 5.73 Å². The highest BCUT2D eigenvalue weighted by Crippen LogP contribution is 1.91. The smallest absolute Gasteiger partial charge is 0.269 e. The molecular formula is C3H8NO3S. The van der Waals surface area contributed by atoms with Gasteiger partial charge >= 0.3 is 0 Å². The second-order valence-corrected chi connectivity index (χ2v) is 3.07. The van der Waals surface area contributed by atoms with Crippen LogP contribution in [-0.4, -0.2) is 24.8 Å². The number of nitrogens with two attached hydrogens (primary N) is 1. The van der Waals surface area contributed by atoms with Crippen LogP contribution in [0.15, 0.2) is 0 Å². The summed E-state index contributed by atoms with van der Waals surface area (Å²) in [5.74, 6) is 0. The van der Waals surface area contributed by atoms with E-state index in [1.54, 1.807) is 0 Å². The van der Waals surface area contributed by atoms with Crippen molar-refractivity contribution >= 4 is 10.1 Å². The topological polar surface area (TPSA) is 80.4 Å². The van der Waals surface area contributed by atoms with Gasteiger partial charge in [-0.2, -0.15) is 8.42 Å². The van der Waals surface area contributed by atoms with E-state index in [1.807, 2.05) is 0 Å². The van der Waals surface area contributed by atoms with Gasteiger partial charge in [0.2, 0.25) is 0 Å². The summed E-state index contributed by atoms with van der Waals surface area (Å²) in [6.45, 7) is 2.91. The molecule has 1 radical (unpaired) electrons. The summed E-state index contributed by atoms with van der Waals surface area (Å²) in [6, 6.07) is 0. The van der Waals surface area contributed by atoms with Crippen LogP contribution in [0.4, 0.5) is 0 Å². The highest BCUT2D eigenvalue weighted by atomic mass is 32.2. The highest BCUT2D eigenvalue weighted by Gasteiger charge is 2.13. The molecule has 0 saturated heterocycles. The minimum Gasteiger partial charge on any atom is -0.329 e. The summed E-state index contributed by atoms with van der Waals surface area (Å²) in [7, 11) is -3.99. The fraction of sp³-hybridized carbons (Fsp3) is 0.667. The van der Waals surface area contributed by atoms with Crippen LogP contribution in [0.2, 0.25) is 0 Å². The minimum atomic E-state index is -3.99. The first-order chi connectivity index (χ1) is 3.48. The molecule has 0 spiro atoms. The quantitative estimate of drug-likeness (QED) is 0.481. The molecule has 0 aliphatic heterocycles. The molecule has 0 saturated carbocycles. The van der Waals surface area contributed by atoms with E-state index in [9.17, 15) is 8.42 Å². The maximum Gasteiger partial charge on any atom is 0.269 e. The molecular weight excluding hydrogens is 130 g/mol. The maximum absolute atomic E-state index is 9.98. The van der Waals surface area contributed by atoms with Crippen LogP contribution in [0.5, 0.6) is 0 Å². The van der Waals surface area contributed by atoms with Gasteiger partial charge in [0.25, 0.3) is 10.1 Å². The summed E-state index contributed by atoms with van der Waals surface area (Å²) in [5.41, 5.74) is 4.86. The van der Waals surface area contributed by atoms with Gasteiger partial charge in [-0.25, -0.2) is 0 Å². The lowest BCUT2D eigenvalue weighted by atomic mass is 10.5. The van der Waals surface area contributed by atoms with Crippen LogP contribution in [0.3, 0.4) is 0 Å². The second-order valence-electron chi connectivity index (χ2n) is 1.37. The predicted molar refractivity (Wildman–Crippen MR) is 29.7 cm³/mol. The molecule has 0 aromatic heterocycles. The van der Waals surface area contributed by atoms with Crippen molar-refractivity contribution in [2.24, 2.45) is 5.73 Å². The van der Waals surface area contributed by atoms with Crippen molar-refractivity contribution in [2.45, 2.75) is 5.25 Å². The standard InChI is InChI=1S/C3H8NO3S/c1-3(2-4)8(5,6)7/h3H,1-2,4H2,(H,5,6,7). The van der Waals surface area contributed by atoms with Crippen molar-refractivity contribution in [1.82, 2.24) is 0 Å². The molecule has 0 aliphatic rings. The molecule has 0 rings (SSSR count). The normalized spacial score (nSPS) is 15.9. The average Bonchev–Trinajstić information content (AvgIpc) is 1.62. The van der Waals surface area contributed by atoms with Gasteiger partial charge in [0.1, 0.15) is 0 Å². The van der Waals surface area contributed by atoms with Gasteiger partial charge in [-0.1, -0.05) is 0 Å². The third-order valence-electron chi connectivity index (χ3n) is 0.684. The van der Waals surface area contributed by atoms with E-state index in [1.165, 1.54) is 0 Å². The molecule has 4 nitrogen and oxygen atoms in total. The van der Waals surface area contributed by atoms with Crippen molar-refractivity contribution < 1.29 is 13.0 Å². The Bertz CT molecular complexity index is 150. The van der Waals surface area contributed by atoms with Gasteiger partial charge in [0.15, 0.2) is 0 Å². The Morgan fingerprint density at radius 2 is 2.12 bits per heavy atom. The first kappa shape index (κ1) is 7.87. The van der Waals surface area contributed by atoms with Crippen molar-refractivity contribution in [3.63, 3.8) is 0 Å². The first-order valence-electron chi connectivity index (χ1n) is 1.98. The van der Waals surface area contributed by atoms with E-state index < -0.39 is 15.4 Å². The zero-order chi connectivity index (χ0) is 6.78. The van der Waals surface area contributed by atoms with E-state index in [4.69, 9.17) is 10.3 Å². The molecule has 8 heavy (non-hydrogen) atoms. The van der Waals surface area contributed by atoms with E-state index in [2.05, 4.69) is 6.92 Å². The third-order valence-corrected chi connectivity index (χ3v) is 1.72. The Kier molecular flexibility index (Phi) is 2.39. The molecule has 5 heteroatoms. The lowest BCUT2D eigenvalue weighted by molar-refractivity contribution is 0.475. The van der Waals surface area contributed by atoms with Gasteiger partial charge in [0, 0.05) is 6.54 Å². The summed E-state index contributed by atoms with van der Waals surface area (Å²) in [6.07, 6.45) is 0. The van der Waals surface area contributed by atoms with E-state index >= 15 is 0 Å². The molecule has 1 atom stereocenters. The number of hydrogen-bond donors (Lipinski definition) is 2. The fourth-order valence-corrected chi connectivity index (χ4v) is 0.365. The summed E-state index contributed by atoms with van der Waals surface area (Å²) >= 11 is 0. The number of hydrogen-bond acceptors (Lipinski definition) is 3. The fourth-order valence-electron chi connectivity index (χ4n) is 0.122. The lowest BCUT2D eigenvalue weighted by Gasteiger charge is -2.00. The molecule has 0 amide bonds. The largest absolute Gasteiger partial charge is 0.329 e. The molecule has 0 fully saturated rings.